The molecule has 3 unspecified atom stereocenters. The first-order valence-electron chi connectivity index (χ1n) is 9.54. The molecule has 5 rings (SSSR count). The average Bonchev–Trinajstić information content (AvgIpc) is 3.24. The number of H-pyrrole nitrogens is 1. The summed E-state index contributed by atoms with van der Waals surface area (Å²) in [5.41, 5.74) is 3.73. The molecule has 8 atom stereocenters. The van der Waals surface area contributed by atoms with Gasteiger partial charge in [-0.3, -0.25) is 14.3 Å². The van der Waals surface area contributed by atoms with Gasteiger partial charge in [0, 0.05) is 29.3 Å². The highest BCUT2D eigenvalue weighted by Gasteiger charge is 2.60. The lowest BCUT2D eigenvalue weighted by Gasteiger charge is -2.28. The molecule has 13 heteroatoms. The lowest BCUT2D eigenvalue weighted by molar-refractivity contribution is -0.109. The number of ether oxygens (including phenoxy) is 1. The molecule has 0 bridgehead atoms. The Morgan fingerprint density at radius 2 is 2.13 bits per heavy atom. The SMILES string of the molecule is Nc1nc2c(c(CN[C@@H]3[C@@H](O)[C@@H](O)[C@@H]4S[C@H]34)cn2C2(O)COC(CO)C2O)c(=O)[nH]1. The quantitative estimate of drug-likeness (QED) is 0.213. The van der Waals surface area contributed by atoms with Crippen molar-refractivity contribution in [3.8, 4) is 0 Å². The van der Waals surface area contributed by atoms with Crippen molar-refractivity contribution in [3.63, 3.8) is 0 Å². The topological polar surface area (TPSA) is 199 Å². The summed E-state index contributed by atoms with van der Waals surface area (Å²) in [5, 5.41) is 54.6. The van der Waals surface area contributed by atoms with E-state index in [4.69, 9.17) is 10.5 Å². The Morgan fingerprint density at radius 1 is 1.37 bits per heavy atom. The van der Waals surface area contributed by atoms with Gasteiger partial charge in [-0.25, -0.2) is 0 Å². The van der Waals surface area contributed by atoms with Crippen molar-refractivity contribution in [2.24, 2.45) is 0 Å². The van der Waals surface area contributed by atoms with Crippen molar-refractivity contribution in [1.29, 1.82) is 0 Å². The molecule has 30 heavy (non-hydrogen) atoms. The number of hydrogen-bond donors (Lipinski definition) is 8. The minimum Gasteiger partial charge on any atom is -0.394 e. The van der Waals surface area contributed by atoms with Crippen molar-refractivity contribution in [2.75, 3.05) is 18.9 Å². The minimum absolute atomic E-state index is 0.00520. The number of nitrogens with zero attached hydrogens (tertiary/aromatic N) is 2. The van der Waals surface area contributed by atoms with Gasteiger partial charge >= 0.3 is 0 Å². The van der Waals surface area contributed by atoms with Gasteiger partial charge in [0.15, 0.2) is 11.4 Å². The number of thioether (sulfide) groups is 1. The molecule has 0 aromatic carbocycles. The Labute approximate surface area is 173 Å². The second-order valence-electron chi connectivity index (χ2n) is 7.98. The van der Waals surface area contributed by atoms with Crippen molar-refractivity contribution in [2.45, 2.75) is 53.2 Å². The molecule has 2 aromatic rings. The molecule has 3 aliphatic rings. The summed E-state index contributed by atoms with van der Waals surface area (Å²) < 4.78 is 6.53. The van der Waals surface area contributed by atoms with Crippen LogP contribution in [-0.2, 0) is 17.0 Å². The number of aliphatic hydroxyl groups is 5. The fourth-order valence-corrected chi connectivity index (χ4v) is 5.84. The third kappa shape index (κ3) is 2.81. The maximum atomic E-state index is 12.6. The largest absolute Gasteiger partial charge is 0.394 e. The highest BCUT2D eigenvalue weighted by atomic mass is 32.2. The van der Waals surface area contributed by atoms with Crippen LogP contribution in [0.4, 0.5) is 5.95 Å². The van der Waals surface area contributed by atoms with Gasteiger partial charge in [0.1, 0.15) is 12.2 Å². The van der Waals surface area contributed by atoms with E-state index >= 15 is 0 Å². The molecule has 0 amide bonds. The summed E-state index contributed by atoms with van der Waals surface area (Å²) in [6.45, 7) is -0.666. The molecule has 2 aromatic heterocycles. The first-order chi connectivity index (χ1) is 14.3. The highest BCUT2D eigenvalue weighted by molar-refractivity contribution is 8.07. The van der Waals surface area contributed by atoms with Gasteiger partial charge in [-0.05, 0) is 5.56 Å². The number of fused-ring (bicyclic) bond motifs is 2. The van der Waals surface area contributed by atoms with E-state index in [-0.39, 0.29) is 46.7 Å². The van der Waals surface area contributed by atoms with Crippen LogP contribution in [-0.4, -0.2) is 94.2 Å². The monoisotopic (exact) mass is 441 g/mol. The second kappa shape index (κ2) is 6.90. The molecule has 0 spiro atoms. The van der Waals surface area contributed by atoms with Crippen LogP contribution in [0.15, 0.2) is 11.0 Å². The van der Waals surface area contributed by atoms with Crippen LogP contribution < -0.4 is 16.6 Å². The predicted molar refractivity (Wildman–Crippen MR) is 106 cm³/mol. The molecule has 12 nitrogen and oxygen atoms in total. The van der Waals surface area contributed by atoms with E-state index in [0.717, 1.165) is 0 Å². The van der Waals surface area contributed by atoms with Gasteiger partial charge < -0.3 is 41.3 Å². The van der Waals surface area contributed by atoms with E-state index in [1.165, 1.54) is 10.8 Å². The van der Waals surface area contributed by atoms with Crippen LogP contribution in [0, 0.1) is 0 Å². The van der Waals surface area contributed by atoms with E-state index in [2.05, 4.69) is 15.3 Å². The second-order valence-corrected chi connectivity index (χ2v) is 9.34. The average molecular weight is 441 g/mol. The Hall–Kier alpha value is -1.71. The van der Waals surface area contributed by atoms with E-state index < -0.39 is 42.3 Å². The number of aromatic amines is 1. The Morgan fingerprint density at radius 3 is 2.77 bits per heavy atom. The lowest BCUT2D eigenvalue weighted by Crippen LogP contribution is -2.47. The first kappa shape index (κ1) is 20.2. The number of aliphatic hydroxyl groups excluding tert-OH is 4. The fraction of sp³-hybridized carbons (Fsp3) is 0.647. The van der Waals surface area contributed by atoms with E-state index in [1.54, 1.807) is 11.8 Å². The summed E-state index contributed by atoms with van der Waals surface area (Å²) in [5.74, 6) is -0.159. The van der Waals surface area contributed by atoms with Gasteiger partial charge in [-0.2, -0.15) is 4.98 Å². The Balaban J connectivity index is 1.53. The maximum absolute atomic E-state index is 12.6. The van der Waals surface area contributed by atoms with Crippen LogP contribution >= 0.6 is 11.8 Å². The minimum atomic E-state index is -1.96. The number of hydrogen-bond acceptors (Lipinski definition) is 11. The van der Waals surface area contributed by atoms with Crippen LogP contribution in [0.25, 0.3) is 11.0 Å². The lowest BCUT2D eigenvalue weighted by atomic mass is 10.1. The zero-order valence-electron chi connectivity index (χ0n) is 15.7. The van der Waals surface area contributed by atoms with Gasteiger partial charge in [0.2, 0.25) is 5.95 Å². The molecular formula is C17H23N5O7S. The molecule has 1 saturated carbocycles. The standard InChI is InChI=1S/C17H23N5O7S/c18-16-20-14-7(15(27)21-16)5(1-19-8-9(24)10(25)12-11(8)30-12)2-22(14)17(28)4-29-6(3-23)13(17)26/h2,6,8-13,19,23-26,28H,1,3-4H2,(H3,18,20,21,27)/t6?,8-,9-,10-,11-,12+,13?,17?/m1/s1. The molecule has 2 aliphatic heterocycles. The van der Waals surface area contributed by atoms with Crippen LogP contribution in [0.2, 0.25) is 0 Å². The summed E-state index contributed by atoms with van der Waals surface area (Å²) in [7, 11) is 0. The molecule has 2 saturated heterocycles. The normalized spacial score (nSPS) is 40.2. The zero-order chi connectivity index (χ0) is 21.4. The van der Waals surface area contributed by atoms with Crippen LogP contribution in [0.1, 0.15) is 5.56 Å². The van der Waals surface area contributed by atoms with Crippen molar-refractivity contribution < 1.29 is 30.3 Å². The molecule has 9 N–H and O–H groups in total. The van der Waals surface area contributed by atoms with Crippen molar-refractivity contribution >= 4 is 28.7 Å². The summed E-state index contributed by atoms with van der Waals surface area (Å²) >= 11 is 1.58. The first-order valence-corrected chi connectivity index (χ1v) is 10.5. The Bertz CT molecular complexity index is 1050. The number of nitrogens with two attached hydrogens (primary N) is 1. The van der Waals surface area contributed by atoms with Crippen LogP contribution in [0.5, 0.6) is 0 Å². The number of aromatic nitrogens is 3. The fourth-order valence-electron chi connectivity index (χ4n) is 4.49. The third-order valence-corrected chi connectivity index (χ3v) is 7.66. The molecule has 0 radical (unpaired) electrons. The van der Waals surface area contributed by atoms with E-state index in [1.807, 2.05) is 0 Å². The summed E-state index contributed by atoms with van der Waals surface area (Å²) in [6, 6.07) is -0.350. The highest BCUT2D eigenvalue weighted by Crippen LogP contribution is 2.53. The maximum Gasteiger partial charge on any atom is 0.262 e. The van der Waals surface area contributed by atoms with Gasteiger partial charge in [0.05, 0.1) is 30.8 Å². The number of nitrogens with one attached hydrogen (secondary N) is 2. The molecule has 3 fully saturated rings. The van der Waals surface area contributed by atoms with Crippen molar-refractivity contribution in [3.05, 3.63) is 22.1 Å². The summed E-state index contributed by atoms with van der Waals surface area (Å²) in [4.78, 5) is 19.2. The molecule has 4 heterocycles. The molecule has 1 aliphatic carbocycles. The smallest absolute Gasteiger partial charge is 0.262 e. The molecule has 164 valence electrons. The van der Waals surface area contributed by atoms with Gasteiger partial charge in [0.25, 0.3) is 5.56 Å². The third-order valence-electron chi connectivity index (χ3n) is 6.18. The van der Waals surface area contributed by atoms with Gasteiger partial charge in [-0.1, -0.05) is 0 Å². The number of anilines is 1. The number of rotatable bonds is 5. The van der Waals surface area contributed by atoms with E-state index in [0.29, 0.717) is 5.56 Å². The predicted octanol–water partition coefficient (Wildman–Crippen LogP) is -3.62. The summed E-state index contributed by atoms with van der Waals surface area (Å²) in [6.07, 6.45) is -2.70. The zero-order valence-corrected chi connectivity index (χ0v) is 16.5. The van der Waals surface area contributed by atoms with Crippen LogP contribution in [0.3, 0.4) is 0 Å². The number of nitrogen functional groups attached to an aromatic ring is 1. The Kier molecular flexibility index (Phi) is 4.65. The van der Waals surface area contributed by atoms with Gasteiger partial charge in [-0.15, -0.1) is 11.8 Å². The molecular weight excluding hydrogens is 418 g/mol. The van der Waals surface area contributed by atoms with Crippen molar-refractivity contribution in [1.82, 2.24) is 19.9 Å². The van der Waals surface area contributed by atoms with E-state index in [9.17, 15) is 30.3 Å².